The molecule has 1 saturated heterocycles. The van der Waals surface area contributed by atoms with E-state index in [-0.39, 0.29) is 11.3 Å². The van der Waals surface area contributed by atoms with E-state index in [1.807, 2.05) is 33.2 Å². The first kappa shape index (κ1) is 29.7. The van der Waals surface area contributed by atoms with Gasteiger partial charge in [0.1, 0.15) is 5.82 Å². The van der Waals surface area contributed by atoms with Gasteiger partial charge in [-0.2, -0.15) is 10.1 Å². The van der Waals surface area contributed by atoms with E-state index in [4.69, 9.17) is 20.6 Å². The first-order valence-corrected chi connectivity index (χ1v) is 15.3. The van der Waals surface area contributed by atoms with E-state index in [0.29, 0.717) is 17.8 Å². The summed E-state index contributed by atoms with van der Waals surface area (Å²) in [5.74, 6) is 1.14. The molecule has 4 aromatic heterocycles. The second-order valence-electron chi connectivity index (χ2n) is 12.8. The van der Waals surface area contributed by atoms with E-state index in [0.717, 1.165) is 59.9 Å². The Kier molecular flexibility index (Phi) is 8.06. The van der Waals surface area contributed by atoms with Crippen LogP contribution in [0.5, 0.6) is 0 Å². The number of fused-ring (bicyclic) bond motifs is 2. The maximum Gasteiger partial charge on any atom is 0.315 e. The lowest BCUT2D eigenvalue weighted by Crippen LogP contribution is -2.21. The SMILES string of the molecule is CC(C)(C)c1noc(C(N)=O)n1.Cc1c(-c2nc3nccc(-c4ccc5c(c4)CCC[C@H]5C)c3[nH]2)cnn1C1CCOCC1. The zero-order chi connectivity index (χ0) is 31.0. The molecule has 11 nitrogen and oxygen atoms in total. The summed E-state index contributed by atoms with van der Waals surface area (Å²) in [6, 6.07) is 9.43. The highest BCUT2D eigenvalue weighted by Gasteiger charge is 2.24. The summed E-state index contributed by atoms with van der Waals surface area (Å²) in [6.45, 7) is 11.8. The first-order valence-electron chi connectivity index (χ1n) is 15.3. The predicted molar refractivity (Wildman–Crippen MR) is 167 cm³/mol. The quantitative estimate of drug-likeness (QED) is 0.254. The molecule has 2 aliphatic rings. The number of pyridine rings is 1. The maximum atomic E-state index is 10.6. The smallest absolute Gasteiger partial charge is 0.315 e. The normalized spacial score (nSPS) is 17.2. The van der Waals surface area contributed by atoms with Crippen molar-refractivity contribution in [1.29, 1.82) is 0 Å². The summed E-state index contributed by atoms with van der Waals surface area (Å²) in [4.78, 5) is 27.4. The number of amides is 1. The van der Waals surface area contributed by atoms with E-state index in [1.165, 1.54) is 36.0 Å². The van der Waals surface area contributed by atoms with Crippen molar-refractivity contribution < 1.29 is 14.1 Å². The minimum absolute atomic E-state index is 0.139. The Bertz CT molecular complexity index is 1790. The summed E-state index contributed by atoms with van der Waals surface area (Å²) in [5, 5.41) is 8.32. The van der Waals surface area contributed by atoms with Gasteiger partial charge in [0.05, 0.1) is 23.3 Å². The molecule has 1 amide bonds. The van der Waals surface area contributed by atoms with Crippen molar-refractivity contribution in [1.82, 2.24) is 34.9 Å². The molecule has 5 heterocycles. The third-order valence-corrected chi connectivity index (χ3v) is 8.60. The van der Waals surface area contributed by atoms with Gasteiger partial charge in [-0.05, 0) is 67.7 Å². The van der Waals surface area contributed by atoms with Gasteiger partial charge in [-0.25, -0.2) is 9.97 Å². The average molecular weight is 597 g/mol. The number of aryl methyl sites for hydroxylation is 1. The number of H-pyrrole nitrogens is 1. The number of carbonyl (C=O) groups is 1. The number of hydrogen-bond acceptors (Lipinski definition) is 8. The van der Waals surface area contributed by atoms with Crippen LogP contribution in [0.15, 0.2) is 41.2 Å². The molecule has 3 N–H and O–H groups in total. The number of aromatic nitrogens is 7. The topological polar surface area (TPSA) is 151 Å². The van der Waals surface area contributed by atoms with Crippen molar-refractivity contribution in [2.75, 3.05) is 13.2 Å². The molecule has 1 aliphatic heterocycles. The molecule has 0 saturated carbocycles. The molecule has 0 unspecified atom stereocenters. The molecular formula is C33H40N8O3. The number of benzene rings is 1. The summed E-state index contributed by atoms with van der Waals surface area (Å²) in [6.07, 6.45) is 9.53. The van der Waals surface area contributed by atoms with Gasteiger partial charge in [-0.3, -0.25) is 9.48 Å². The van der Waals surface area contributed by atoms with Crippen LogP contribution in [0.25, 0.3) is 33.7 Å². The van der Waals surface area contributed by atoms with Crippen LogP contribution >= 0.6 is 0 Å². The van der Waals surface area contributed by atoms with Gasteiger partial charge in [-0.1, -0.05) is 51.1 Å². The molecule has 0 bridgehead atoms. The fourth-order valence-corrected chi connectivity index (χ4v) is 6.09. The van der Waals surface area contributed by atoms with Gasteiger partial charge in [0, 0.05) is 36.1 Å². The van der Waals surface area contributed by atoms with Crippen LogP contribution in [-0.2, 0) is 16.6 Å². The molecule has 0 radical (unpaired) electrons. The van der Waals surface area contributed by atoms with Crippen LogP contribution in [-0.4, -0.2) is 54.0 Å². The Hall–Kier alpha value is -4.38. The number of nitrogens with one attached hydrogen (secondary N) is 1. The Morgan fingerprint density at radius 3 is 2.59 bits per heavy atom. The molecule has 1 aromatic carbocycles. The zero-order valence-electron chi connectivity index (χ0n) is 26.1. The number of nitrogens with two attached hydrogens (primary N) is 1. The number of primary amides is 1. The maximum absolute atomic E-state index is 10.6. The van der Waals surface area contributed by atoms with Crippen molar-refractivity contribution in [3.8, 4) is 22.5 Å². The number of nitrogens with zero attached hydrogens (tertiary/aromatic N) is 6. The van der Waals surface area contributed by atoms with Gasteiger partial charge in [-0.15, -0.1) is 0 Å². The Balaban J connectivity index is 0.000000242. The minimum Gasteiger partial charge on any atom is -0.381 e. The zero-order valence-corrected chi connectivity index (χ0v) is 26.1. The molecule has 44 heavy (non-hydrogen) atoms. The number of ether oxygens (including phenoxy) is 1. The van der Waals surface area contributed by atoms with Crippen LogP contribution in [0.1, 0.15) is 98.7 Å². The standard InChI is InChI=1S/C26H29N5O.C7H11N3O2/c1-16-4-3-5-18-14-19(6-7-21(16)18)22-8-11-27-26-24(22)29-25(30-26)23-15-28-31(17(23)2)20-9-12-32-13-10-20;1-7(2,3)6-9-5(4(8)11)12-10-6/h6-8,11,14-16,20H,3-5,9-10,12-13H2,1-2H3,(H,27,29,30);1-3H3,(H2,8,11)/t16-;/m1./s1. The van der Waals surface area contributed by atoms with Crippen molar-refractivity contribution in [2.24, 2.45) is 5.73 Å². The highest BCUT2D eigenvalue weighted by atomic mass is 16.5. The third-order valence-electron chi connectivity index (χ3n) is 8.60. The summed E-state index contributed by atoms with van der Waals surface area (Å²) in [5.41, 5.74) is 14.0. The van der Waals surface area contributed by atoms with E-state index in [9.17, 15) is 4.79 Å². The van der Waals surface area contributed by atoms with E-state index in [1.54, 1.807) is 0 Å². The highest BCUT2D eigenvalue weighted by molar-refractivity contribution is 5.91. The molecule has 1 aliphatic carbocycles. The largest absolute Gasteiger partial charge is 0.381 e. The van der Waals surface area contributed by atoms with Crippen molar-refractivity contribution >= 4 is 17.1 Å². The lowest BCUT2D eigenvalue weighted by Gasteiger charge is -2.23. The van der Waals surface area contributed by atoms with Gasteiger partial charge < -0.3 is 20.0 Å². The molecule has 5 aromatic rings. The van der Waals surface area contributed by atoms with Crippen LogP contribution in [0.3, 0.4) is 0 Å². The molecule has 1 atom stereocenters. The van der Waals surface area contributed by atoms with Gasteiger partial charge in [0.15, 0.2) is 11.5 Å². The molecule has 7 rings (SSSR count). The van der Waals surface area contributed by atoms with Crippen LogP contribution in [0.2, 0.25) is 0 Å². The summed E-state index contributed by atoms with van der Waals surface area (Å²) in [7, 11) is 0. The van der Waals surface area contributed by atoms with Crippen LogP contribution in [0, 0.1) is 6.92 Å². The minimum atomic E-state index is -0.696. The van der Waals surface area contributed by atoms with Gasteiger partial charge in [0.25, 0.3) is 0 Å². The molecule has 230 valence electrons. The van der Waals surface area contributed by atoms with E-state index in [2.05, 4.69) is 67.4 Å². The number of aromatic amines is 1. The molecule has 1 fully saturated rings. The van der Waals surface area contributed by atoms with E-state index < -0.39 is 5.91 Å². The molecular weight excluding hydrogens is 556 g/mol. The molecule has 11 heteroatoms. The molecule has 0 spiro atoms. The lowest BCUT2D eigenvalue weighted by molar-refractivity contribution is 0.0657. The van der Waals surface area contributed by atoms with Crippen LogP contribution in [0.4, 0.5) is 0 Å². The number of hydrogen-bond donors (Lipinski definition) is 2. The first-order chi connectivity index (χ1) is 21.1. The third kappa shape index (κ3) is 5.88. The Morgan fingerprint density at radius 1 is 1.09 bits per heavy atom. The fraction of sp³-hybridized carbons (Fsp3) is 0.455. The van der Waals surface area contributed by atoms with Crippen molar-refractivity contribution in [3.05, 3.63) is 65.2 Å². The lowest BCUT2D eigenvalue weighted by atomic mass is 9.82. The monoisotopic (exact) mass is 596 g/mol. The highest BCUT2D eigenvalue weighted by Crippen LogP contribution is 2.36. The number of imidazole rings is 1. The van der Waals surface area contributed by atoms with Crippen LogP contribution < -0.4 is 5.73 Å². The van der Waals surface area contributed by atoms with Crippen molar-refractivity contribution in [3.63, 3.8) is 0 Å². The second-order valence-corrected chi connectivity index (χ2v) is 12.8. The number of carbonyl (C=O) groups excluding carboxylic acids is 1. The predicted octanol–water partition coefficient (Wildman–Crippen LogP) is 6.05. The Labute approximate surface area is 256 Å². The average Bonchev–Trinajstić information content (AvgIpc) is 3.76. The Morgan fingerprint density at radius 2 is 1.89 bits per heavy atom. The number of rotatable bonds is 4. The van der Waals surface area contributed by atoms with Crippen molar-refractivity contribution in [2.45, 2.75) is 84.1 Å². The summed E-state index contributed by atoms with van der Waals surface area (Å²) < 4.78 is 12.3. The summed E-state index contributed by atoms with van der Waals surface area (Å²) >= 11 is 0. The van der Waals surface area contributed by atoms with Gasteiger partial charge in [0.2, 0.25) is 0 Å². The second kappa shape index (κ2) is 12.0. The fourth-order valence-electron chi connectivity index (χ4n) is 6.09. The van der Waals surface area contributed by atoms with E-state index >= 15 is 0 Å². The van der Waals surface area contributed by atoms with Gasteiger partial charge >= 0.3 is 11.8 Å².